The lowest BCUT2D eigenvalue weighted by atomic mass is 10.3. The van der Waals surface area contributed by atoms with Crippen LogP contribution in [0.1, 0.15) is 13.8 Å². The zero-order valence-electron chi connectivity index (χ0n) is 10.0. The average Bonchev–Trinajstić information content (AvgIpc) is 2.25. The fourth-order valence-corrected chi connectivity index (χ4v) is 1.33. The van der Waals surface area contributed by atoms with Gasteiger partial charge in [-0.3, -0.25) is 0 Å². The second-order valence-electron chi connectivity index (χ2n) is 3.53. The number of hydrogen-bond acceptors (Lipinski definition) is 4. The first-order valence-electron chi connectivity index (χ1n) is 5.34. The maximum Gasteiger partial charge on any atom is 0.125 e. The van der Waals surface area contributed by atoms with Crippen molar-refractivity contribution in [1.82, 2.24) is 0 Å². The number of methoxy groups -OCH3 is 1. The first-order valence-corrected chi connectivity index (χ1v) is 5.34. The molecular formula is C12H19NO3. The fourth-order valence-electron chi connectivity index (χ4n) is 1.33. The molecule has 4 nitrogen and oxygen atoms in total. The van der Waals surface area contributed by atoms with Gasteiger partial charge in [0.05, 0.1) is 13.7 Å². The summed E-state index contributed by atoms with van der Waals surface area (Å²) in [6, 6.07) is 5.32. The van der Waals surface area contributed by atoms with Crippen LogP contribution in [0, 0.1) is 0 Å². The Morgan fingerprint density at radius 2 is 1.94 bits per heavy atom. The second-order valence-corrected chi connectivity index (χ2v) is 3.53. The Balaban J connectivity index is 2.61. The van der Waals surface area contributed by atoms with E-state index in [9.17, 15) is 0 Å². The van der Waals surface area contributed by atoms with Gasteiger partial charge in [0.25, 0.3) is 0 Å². The van der Waals surface area contributed by atoms with Crippen molar-refractivity contribution >= 4 is 5.69 Å². The van der Waals surface area contributed by atoms with Gasteiger partial charge in [-0.2, -0.15) is 0 Å². The molecule has 0 amide bonds. The van der Waals surface area contributed by atoms with E-state index in [1.807, 2.05) is 13.8 Å². The minimum absolute atomic E-state index is 0.00791. The monoisotopic (exact) mass is 225 g/mol. The van der Waals surface area contributed by atoms with Crippen LogP contribution in [-0.4, -0.2) is 26.4 Å². The van der Waals surface area contributed by atoms with Gasteiger partial charge >= 0.3 is 0 Å². The molecule has 0 radical (unpaired) electrons. The molecule has 0 saturated heterocycles. The summed E-state index contributed by atoms with van der Waals surface area (Å²) in [5, 5.41) is 0. The summed E-state index contributed by atoms with van der Waals surface area (Å²) in [7, 11) is 1.60. The Morgan fingerprint density at radius 1 is 1.25 bits per heavy atom. The Kier molecular flexibility index (Phi) is 4.92. The number of nitrogens with two attached hydrogens (primary N) is 1. The van der Waals surface area contributed by atoms with Crippen molar-refractivity contribution in [3.63, 3.8) is 0 Å². The van der Waals surface area contributed by atoms with Crippen LogP contribution in [0.15, 0.2) is 18.2 Å². The number of ether oxygens (including phenoxy) is 3. The standard InChI is InChI=1S/C12H19NO3/c1-4-15-8-9(2)16-12-6-10(13)5-11(7-12)14-3/h5-7,9H,4,8,13H2,1-3H3. The van der Waals surface area contributed by atoms with E-state index in [2.05, 4.69) is 0 Å². The van der Waals surface area contributed by atoms with Gasteiger partial charge in [-0.1, -0.05) is 0 Å². The lowest BCUT2D eigenvalue weighted by molar-refractivity contribution is 0.0656. The molecule has 0 bridgehead atoms. The lowest BCUT2D eigenvalue weighted by Crippen LogP contribution is -2.19. The zero-order valence-corrected chi connectivity index (χ0v) is 10.0. The highest BCUT2D eigenvalue weighted by Crippen LogP contribution is 2.24. The molecule has 0 aliphatic heterocycles. The van der Waals surface area contributed by atoms with E-state index in [4.69, 9.17) is 19.9 Å². The van der Waals surface area contributed by atoms with Crippen molar-refractivity contribution in [1.29, 1.82) is 0 Å². The van der Waals surface area contributed by atoms with Gasteiger partial charge in [0, 0.05) is 30.5 Å². The van der Waals surface area contributed by atoms with E-state index in [-0.39, 0.29) is 6.10 Å². The maximum atomic E-state index is 5.72. The van der Waals surface area contributed by atoms with E-state index in [0.717, 1.165) is 0 Å². The van der Waals surface area contributed by atoms with Crippen LogP contribution < -0.4 is 15.2 Å². The van der Waals surface area contributed by atoms with E-state index < -0.39 is 0 Å². The fraction of sp³-hybridized carbons (Fsp3) is 0.500. The second kappa shape index (κ2) is 6.23. The van der Waals surface area contributed by atoms with Crippen molar-refractivity contribution in [2.75, 3.05) is 26.1 Å². The Hall–Kier alpha value is -1.42. The molecule has 1 unspecified atom stereocenters. The number of hydrogen-bond donors (Lipinski definition) is 1. The largest absolute Gasteiger partial charge is 0.497 e. The van der Waals surface area contributed by atoms with Crippen LogP contribution in [-0.2, 0) is 4.74 Å². The number of rotatable bonds is 6. The third kappa shape index (κ3) is 3.98. The van der Waals surface area contributed by atoms with Gasteiger partial charge in [-0.15, -0.1) is 0 Å². The van der Waals surface area contributed by atoms with Crippen molar-refractivity contribution < 1.29 is 14.2 Å². The molecule has 1 aromatic rings. The molecule has 4 heteroatoms. The van der Waals surface area contributed by atoms with Gasteiger partial charge < -0.3 is 19.9 Å². The minimum Gasteiger partial charge on any atom is -0.497 e. The molecule has 16 heavy (non-hydrogen) atoms. The van der Waals surface area contributed by atoms with Crippen molar-refractivity contribution in [2.45, 2.75) is 20.0 Å². The SMILES string of the molecule is CCOCC(C)Oc1cc(N)cc(OC)c1. The summed E-state index contributed by atoms with van der Waals surface area (Å²) in [4.78, 5) is 0. The Bertz CT molecular complexity index is 328. The van der Waals surface area contributed by atoms with Gasteiger partial charge in [-0.25, -0.2) is 0 Å². The summed E-state index contributed by atoms with van der Waals surface area (Å²) in [5.41, 5.74) is 6.34. The van der Waals surface area contributed by atoms with Gasteiger partial charge in [-0.05, 0) is 13.8 Å². The molecule has 90 valence electrons. The Morgan fingerprint density at radius 3 is 2.56 bits per heavy atom. The minimum atomic E-state index is -0.00791. The summed E-state index contributed by atoms with van der Waals surface area (Å²) >= 11 is 0. The highest BCUT2D eigenvalue weighted by atomic mass is 16.5. The molecular weight excluding hydrogens is 206 g/mol. The smallest absolute Gasteiger partial charge is 0.125 e. The topological polar surface area (TPSA) is 53.7 Å². The van der Waals surface area contributed by atoms with Crippen LogP contribution in [0.2, 0.25) is 0 Å². The molecule has 1 atom stereocenters. The molecule has 0 fully saturated rings. The third-order valence-electron chi connectivity index (χ3n) is 2.03. The summed E-state index contributed by atoms with van der Waals surface area (Å²) < 4.78 is 16.0. The van der Waals surface area contributed by atoms with E-state index >= 15 is 0 Å². The van der Waals surface area contributed by atoms with Crippen LogP contribution in [0.5, 0.6) is 11.5 Å². The number of nitrogen functional groups attached to an aromatic ring is 1. The Labute approximate surface area is 96.3 Å². The summed E-state index contributed by atoms with van der Waals surface area (Å²) in [6.07, 6.45) is -0.00791. The van der Waals surface area contributed by atoms with Crippen molar-refractivity contribution in [3.05, 3.63) is 18.2 Å². The molecule has 0 aliphatic carbocycles. The van der Waals surface area contributed by atoms with E-state index in [1.165, 1.54) is 0 Å². The number of anilines is 1. The van der Waals surface area contributed by atoms with Crippen molar-refractivity contribution in [2.24, 2.45) is 0 Å². The number of benzene rings is 1. The van der Waals surface area contributed by atoms with Gasteiger partial charge in [0.15, 0.2) is 0 Å². The van der Waals surface area contributed by atoms with Crippen LogP contribution >= 0.6 is 0 Å². The molecule has 0 spiro atoms. The summed E-state index contributed by atoms with van der Waals surface area (Å²) in [5.74, 6) is 1.39. The van der Waals surface area contributed by atoms with Crippen LogP contribution in [0.3, 0.4) is 0 Å². The van der Waals surface area contributed by atoms with E-state index in [0.29, 0.717) is 30.4 Å². The van der Waals surface area contributed by atoms with Crippen molar-refractivity contribution in [3.8, 4) is 11.5 Å². The van der Waals surface area contributed by atoms with Crippen LogP contribution in [0.25, 0.3) is 0 Å². The molecule has 0 aliphatic rings. The third-order valence-corrected chi connectivity index (χ3v) is 2.03. The average molecular weight is 225 g/mol. The van der Waals surface area contributed by atoms with E-state index in [1.54, 1.807) is 25.3 Å². The predicted octanol–water partition coefficient (Wildman–Crippen LogP) is 2.08. The first kappa shape index (κ1) is 12.6. The highest BCUT2D eigenvalue weighted by Gasteiger charge is 2.06. The summed E-state index contributed by atoms with van der Waals surface area (Å²) in [6.45, 7) is 5.16. The molecule has 1 rings (SSSR count). The molecule has 0 heterocycles. The molecule has 2 N–H and O–H groups in total. The molecule has 0 aromatic heterocycles. The lowest BCUT2D eigenvalue weighted by Gasteiger charge is -2.15. The van der Waals surface area contributed by atoms with Crippen LogP contribution in [0.4, 0.5) is 5.69 Å². The normalized spacial score (nSPS) is 12.2. The predicted molar refractivity (Wildman–Crippen MR) is 64.0 cm³/mol. The van der Waals surface area contributed by atoms with Gasteiger partial charge in [0.1, 0.15) is 17.6 Å². The first-order chi connectivity index (χ1) is 7.65. The molecule has 0 saturated carbocycles. The zero-order chi connectivity index (χ0) is 12.0. The highest BCUT2D eigenvalue weighted by molar-refractivity contribution is 5.50. The molecule has 1 aromatic carbocycles. The quantitative estimate of drug-likeness (QED) is 0.753. The van der Waals surface area contributed by atoms with Gasteiger partial charge in [0.2, 0.25) is 0 Å². The maximum absolute atomic E-state index is 5.72.